The Kier molecular flexibility index (Phi) is 5.47. The van der Waals surface area contributed by atoms with Crippen LogP contribution in [0.25, 0.3) is 32.9 Å². The molecule has 0 unspecified atom stereocenters. The molecule has 4 aromatic rings. The summed E-state index contributed by atoms with van der Waals surface area (Å²) in [6, 6.07) is 12.0. The number of hydrogen-bond acceptors (Lipinski definition) is 6. The average molecular weight is 459 g/mol. The molecule has 0 saturated carbocycles. The van der Waals surface area contributed by atoms with Gasteiger partial charge in [-0.2, -0.15) is 0 Å². The molecular formula is C22H16Cl2N2O5. The second-order valence-corrected chi connectivity index (χ2v) is 7.51. The van der Waals surface area contributed by atoms with Gasteiger partial charge in [-0.05, 0) is 31.2 Å². The molecule has 2 heterocycles. The van der Waals surface area contributed by atoms with Crippen LogP contribution in [-0.4, -0.2) is 34.6 Å². The van der Waals surface area contributed by atoms with Crippen molar-refractivity contribution in [3.8, 4) is 17.0 Å². The number of aromatic nitrogens is 2. The van der Waals surface area contributed by atoms with Gasteiger partial charge in [0.15, 0.2) is 6.61 Å². The lowest BCUT2D eigenvalue weighted by Gasteiger charge is -2.14. The minimum absolute atomic E-state index is 0.123. The van der Waals surface area contributed by atoms with Crippen LogP contribution < -0.4 is 10.3 Å². The van der Waals surface area contributed by atoms with Gasteiger partial charge in [0.05, 0.1) is 34.4 Å². The minimum Gasteiger partial charge on any atom is -0.480 e. The third kappa shape index (κ3) is 3.56. The van der Waals surface area contributed by atoms with Crippen molar-refractivity contribution in [2.75, 3.05) is 13.7 Å². The third-order valence-electron chi connectivity index (χ3n) is 4.93. The molecule has 0 radical (unpaired) electrons. The van der Waals surface area contributed by atoms with E-state index in [2.05, 4.69) is 9.72 Å². The average Bonchev–Trinajstić information content (AvgIpc) is 2.77. The highest BCUT2D eigenvalue weighted by Gasteiger charge is 2.18. The van der Waals surface area contributed by atoms with Crippen LogP contribution in [0.2, 0.25) is 10.0 Å². The number of rotatable bonds is 4. The van der Waals surface area contributed by atoms with E-state index in [9.17, 15) is 14.8 Å². The van der Waals surface area contributed by atoms with Gasteiger partial charge in [-0.1, -0.05) is 41.4 Å². The molecule has 2 aromatic heterocycles. The molecule has 0 aliphatic heterocycles. The smallest absolute Gasteiger partial charge is 0.343 e. The lowest BCUT2D eigenvalue weighted by Crippen LogP contribution is -2.19. The first-order chi connectivity index (χ1) is 14.8. The summed E-state index contributed by atoms with van der Waals surface area (Å²) in [5.74, 6) is -0.323. The molecule has 9 heteroatoms. The Bertz CT molecular complexity index is 1420. The zero-order chi connectivity index (χ0) is 22.3. The van der Waals surface area contributed by atoms with Gasteiger partial charge in [-0.3, -0.25) is 9.78 Å². The number of carbonyl (C=O) groups excluding carboxylic acids is 1. The molecule has 0 aliphatic carbocycles. The van der Waals surface area contributed by atoms with Crippen molar-refractivity contribution in [2.45, 2.75) is 6.92 Å². The summed E-state index contributed by atoms with van der Waals surface area (Å²) >= 11 is 12.8. The maximum Gasteiger partial charge on any atom is 0.343 e. The zero-order valence-electron chi connectivity index (χ0n) is 16.5. The summed E-state index contributed by atoms with van der Waals surface area (Å²) in [6.45, 7) is 1.38. The predicted molar refractivity (Wildman–Crippen MR) is 118 cm³/mol. The monoisotopic (exact) mass is 458 g/mol. The van der Waals surface area contributed by atoms with E-state index in [1.54, 1.807) is 37.3 Å². The normalized spacial score (nSPS) is 11.1. The van der Waals surface area contributed by atoms with Crippen LogP contribution in [0.1, 0.15) is 5.69 Å². The van der Waals surface area contributed by atoms with Gasteiger partial charge < -0.3 is 14.7 Å². The van der Waals surface area contributed by atoms with Crippen LogP contribution in [0.5, 0.6) is 5.75 Å². The van der Waals surface area contributed by atoms with E-state index in [1.807, 2.05) is 12.1 Å². The van der Waals surface area contributed by atoms with Gasteiger partial charge >= 0.3 is 5.97 Å². The van der Waals surface area contributed by atoms with Gasteiger partial charge in [0, 0.05) is 16.3 Å². The quantitative estimate of drug-likeness (QED) is 0.272. The largest absolute Gasteiger partial charge is 0.480 e. The van der Waals surface area contributed by atoms with Crippen LogP contribution in [0.3, 0.4) is 0 Å². The van der Waals surface area contributed by atoms with E-state index in [4.69, 9.17) is 27.9 Å². The summed E-state index contributed by atoms with van der Waals surface area (Å²) in [4.78, 5) is 28.5. The molecule has 158 valence electrons. The summed E-state index contributed by atoms with van der Waals surface area (Å²) < 4.78 is 10.5. The van der Waals surface area contributed by atoms with Crippen LogP contribution in [0.4, 0.5) is 0 Å². The van der Waals surface area contributed by atoms with Crippen molar-refractivity contribution in [1.82, 2.24) is 9.71 Å². The first-order valence-corrected chi connectivity index (χ1v) is 9.91. The Morgan fingerprint density at radius 2 is 1.87 bits per heavy atom. The first-order valence-electron chi connectivity index (χ1n) is 9.15. The summed E-state index contributed by atoms with van der Waals surface area (Å²) in [5.41, 5.74) is 1.29. The highest BCUT2D eigenvalue weighted by Crippen LogP contribution is 2.40. The van der Waals surface area contributed by atoms with Crippen molar-refractivity contribution < 1.29 is 19.5 Å². The molecule has 0 aliphatic rings. The number of benzene rings is 2. The molecule has 0 bridgehead atoms. The maximum absolute atomic E-state index is 12.7. The standard InChI is InChI=1S/C22H16Cl2N2O5/c1-11-19-14(12-5-3-4-6-16(12)26(29)22(19)28)9-15(25-11)13-7-8-17(21(24)20(13)23)31-10-18(27)30-2/h3-9,29H,10H2,1-2H3. The number of fused-ring (bicyclic) bond motifs is 3. The minimum atomic E-state index is -0.555. The number of esters is 1. The van der Waals surface area contributed by atoms with Crippen LogP contribution >= 0.6 is 23.2 Å². The number of pyridine rings is 2. The molecule has 0 amide bonds. The van der Waals surface area contributed by atoms with Crippen molar-refractivity contribution in [1.29, 1.82) is 0 Å². The molecule has 2 aromatic carbocycles. The molecular weight excluding hydrogens is 443 g/mol. The van der Waals surface area contributed by atoms with Gasteiger partial charge in [-0.15, -0.1) is 4.73 Å². The molecule has 0 spiro atoms. The number of hydrogen-bond donors (Lipinski definition) is 1. The van der Waals surface area contributed by atoms with Crippen LogP contribution in [0.15, 0.2) is 47.3 Å². The Morgan fingerprint density at radius 3 is 2.61 bits per heavy atom. The second-order valence-electron chi connectivity index (χ2n) is 6.75. The summed E-state index contributed by atoms with van der Waals surface area (Å²) in [5, 5.41) is 12.2. The fourth-order valence-electron chi connectivity index (χ4n) is 3.43. The highest BCUT2D eigenvalue weighted by atomic mass is 35.5. The number of nitrogens with zero attached hydrogens (tertiary/aromatic N) is 2. The van der Waals surface area contributed by atoms with Gasteiger partial charge in [-0.25, -0.2) is 4.79 Å². The first kappa shape index (κ1) is 21.0. The lowest BCUT2D eigenvalue weighted by molar-refractivity contribution is -0.142. The number of para-hydroxylation sites is 1. The molecule has 1 N–H and O–H groups in total. The fraction of sp³-hybridized carbons (Fsp3) is 0.136. The Morgan fingerprint density at radius 1 is 1.13 bits per heavy atom. The van der Waals surface area contributed by atoms with Gasteiger partial charge in [0.25, 0.3) is 5.56 Å². The number of methoxy groups -OCH3 is 1. The SMILES string of the molecule is COC(=O)COc1ccc(-c2cc3c(c(C)n2)c(=O)n(O)c2ccccc32)c(Cl)c1Cl. The number of halogens is 2. The van der Waals surface area contributed by atoms with Crippen LogP contribution in [0, 0.1) is 6.92 Å². The van der Waals surface area contributed by atoms with Crippen LogP contribution in [-0.2, 0) is 9.53 Å². The Hall–Kier alpha value is -3.29. The number of carbonyl (C=O) groups is 1. The van der Waals surface area contributed by atoms with E-state index >= 15 is 0 Å². The van der Waals surface area contributed by atoms with Crippen molar-refractivity contribution in [3.05, 3.63) is 68.6 Å². The van der Waals surface area contributed by atoms with E-state index in [0.717, 1.165) is 0 Å². The van der Waals surface area contributed by atoms with Crippen molar-refractivity contribution in [3.63, 3.8) is 0 Å². The second kappa shape index (κ2) is 8.09. The molecule has 0 saturated heterocycles. The number of aryl methyl sites for hydroxylation is 1. The Labute approximate surface area is 186 Å². The molecule has 7 nitrogen and oxygen atoms in total. The highest BCUT2D eigenvalue weighted by molar-refractivity contribution is 6.44. The summed E-state index contributed by atoms with van der Waals surface area (Å²) in [7, 11) is 1.26. The molecule has 4 rings (SSSR count). The van der Waals surface area contributed by atoms with Crippen molar-refractivity contribution >= 4 is 50.8 Å². The van der Waals surface area contributed by atoms with E-state index in [-0.39, 0.29) is 22.4 Å². The molecule has 0 fully saturated rings. The molecule has 31 heavy (non-hydrogen) atoms. The van der Waals surface area contributed by atoms with E-state index in [0.29, 0.717) is 43.4 Å². The lowest BCUT2D eigenvalue weighted by atomic mass is 10.0. The zero-order valence-corrected chi connectivity index (χ0v) is 18.0. The van der Waals surface area contributed by atoms with Gasteiger partial charge in [0.2, 0.25) is 0 Å². The third-order valence-corrected chi connectivity index (χ3v) is 5.79. The predicted octanol–water partition coefficient (Wildman–Crippen LogP) is 4.62. The topological polar surface area (TPSA) is 90.7 Å². The Balaban J connectivity index is 1.90. The van der Waals surface area contributed by atoms with E-state index in [1.165, 1.54) is 7.11 Å². The maximum atomic E-state index is 12.7. The summed E-state index contributed by atoms with van der Waals surface area (Å²) in [6.07, 6.45) is 0. The molecule has 0 atom stereocenters. The van der Waals surface area contributed by atoms with E-state index < -0.39 is 11.5 Å². The number of ether oxygens (including phenoxy) is 2. The van der Waals surface area contributed by atoms with Gasteiger partial charge in [0.1, 0.15) is 10.8 Å². The van der Waals surface area contributed by atoms with Crippen molar-refractivity contribution in [2.24, 2.45) is 0 Å². The fourth-order valence-corrected chi connectivity index (χ4v) is 3.90.